The Kier molecular flexibility index (Phi) is 8.37. The maximum atomic E-state index is 14.0. The van der Waals surface area contributed by atoms with Gasteiger partial charge in [0.25, 0.3) is 0 Å². The maximum Gasteiger partial charge on any atom is 0.174 e. The number of methoxy groups -OCH3 is 1. The van der Waals surface area contributed by atoms with Gasteiger partial charge < -0.3 is 9.47 Å². The molecule has 0 unspecified atom stereocenters. The summed E-state index contributed by atoms with van der Waals surface area (Å²) in [6.07, 6.45) is 2.60. The zero-order valence-electron chi connectivity index (χ0n) is 20.8. The number of ether oxygens (including phenoxy) is 2. The Hall–Kier alpha value is -3.26. The summed E-state index contributed by atoms with van der Waals surface area (Å²) in [6, 6.07) is 23.2. The SMILES string of the molecule is COc1cc(C=Nc2sc3c(c2C#N)CCN(Cc2ccccc2)C3)cc(I)c1OCc1ccccc1F. The highest BCUT2D eigenvalue weighted by molar-refractivity contribution is 14.1. The number of benzene rings is 3. The molecule has 0 aliphatic carbocycles. The molecule has 0 bridgehead atoms. The average Bonchev–Trinajstić information content (AvgIpc) is 3.29. The third-order valence-corrected chi connectivity index (χ3v) is 8.32. The van der Waals surface area contributed by atoms with Gasteiger partial charge in [0.15, 0.2) is 11.5 Å². The summed E-state index contributed by atoms with van der Waals surface area (Å²) in [6.45, 7) is 2.72. The summed E-state index contributed by atoms with van der Waals surface area (Å²) in [5.74, 6) is 0.786. The van der Waals surface area contributed by atoms with Gasteiger partial charge in [0.2, 0.25) is 0 Å². The lowest BCUT2D eigenvalue weighted by atomic mass is 10.0. The smallest absolute Gasteiger partial charge is 0.174 e. The molecule has 1 aliphatic heterocycles. The van der Waals surface area contributed by atoms with Gasteiger partial charge in [0.05, 0.1) is 16.2 Å². The second-order valence-corrected chi connectivity index (χ2v) is 11.2. The first-order valence-corrected chi connectivity index (χ1v) is 14.0. The lowest BCUT2D eigenvalue weighted by Gasteiger charge is -2.26. The van der Waals surface area contributed by atoms with E-state index in [1.807, 2.05) is 18.2 Å². The molecule has 0 saturated heterocycles. The molecule has 5 nitrogen and oxygen atoms in total. The van der Waals surface area contributed by atoms with E-state index in [-0.39, 0.29) is 12.4 Å². The van der Waals surface area contributed by atoms with E-state index in [4.69, 9.17) is 14.5 Å². The molecule has 0 N–H and O–H groups in total. The fraction of sp³-hybridized carbons (Fsp3) is 0.200. The van der Waals surface area contributed by atoms with Gasteiger partial charge in [0, 0.05) is 36.3 Å². The van der Waals surface area contributed by atoms with E-state index in [1.54, 1.807) is 42.9 Å². The molecule has 1 aromatic heterocycles. The number of halogens is 2. The van der Waals surface area contributed by atoms with Gasteiger partial charge in [-0.15, -0.1) is 11.3 Å². The Bertz CT molecular complexity index is 1510. The minimum atomic E-state index is -0.305. The van der Waals surface area contributed by atoms with Crippen LogP contribution in [0.3, 0.4) is 0 Å². The lowest BCUT2D eigenvalue weighted by Crippen LogP contribution is -2.29. The van der Waals surface area contributed by atoms with Crippen molar-refractivity contribution >= 4 is 45.1 Å². The lowest BCUT2D eigenvalue weighted by molar-refractivity contribution is 0.249. The first kappa shape index (κ1) is 26.4. The Morgan fingerprint density at radius 2 is 1.95 bits per heavy atom. The van der Waals surface area contributed by atoms with Crippen LogP contribution in [0, 0.1) is 20.7 Å². The van der Waals surface area contributed by atoms with E-state index in [9.17, 15) is 9.65 Å². The molecule has 0 fully saturated rings. The summed E-state index contributed by atoms with van der Waals surface area (Å²) in [4.78, 5) is 8.34. The largest absolute Gasteiger partial charge is 0.493 e. The first-order valence-electron chi connectivity index (χ1n) is 12.1. The second-order valence-electron chi connectivity index (χ2n) is 8.91. The zero-order valence-corrected chi connectivity index (χ0v) is 23.8. The Labute approximate surface area is 239 Å². The number of fused-ring (bicyclic) bond motifs is 1. The minimum Gasteiger partial charge on any atom is -0.493 e. The summed E-state index contributed by atoms with van der Waals surface area (Å²) in [5.41, 5.74) is 4.38. The van der Waals surface area contributed by atoms with Crippen LogP contribution in [-0.4, -0.2) is 24.8 Å². The topological polar surface area (TPSA) is 57.8 Å². The molecular weight excluding hydrogens is 612 g/mol. The van der Waals surface area contributed by atoms with E-state index in [2.05, 4.69) is 57.8 Å². The molecule has 0 amide bonds. The predicted octanol–water partition coefficient (Wildman–Crippen LogP) is 7.26. The number of hydrogen-bond donors (Lipinski definition) is 0. The highest BCUT2D eigenvalue weighted by atomic mass is 127. The molecule has 3 aromatic carbocycles. The molecule has 0 saturated carbocycles. The van der Waals surface area contributed by atoms with Gasteiger partial charge in [-0.25, -0.2) is 9.38 Å². The summed E-state index contributed by atoms with van der Waals surface area (Å²) in [5, 5.41) is 10.6. The second kappa shape index (κ2) is 12.1. The van der Waals surface area contributed by atoms with Gasteiger partial charge in [-0.3, -0.25) is 4.90 Å². The zero-order chi connectivity index (χ0) is 26.5. The molecular formula is C30H25FIN3O2S. The molecule has 0 radical (unpaired) electrons. The standard InChI is InChI=1S/C30H25FIN3O2S/c1-36-27-14-21(13-26(32)29(27)37-19-22-9-5-6-10-25(22)31)16-34-30-24(15-33)23-11-12-35(18-28(23)38-30)17-20-7-3-2-4-8-20/h2-10,13-14,16H,11-12,17-19H2,1H3. The van der Waals surface area contributed by atoms with Gasteiger partial charge >= 0.3 is 0 Å². The predicted molar refractivity (Wildman–Crippen MR) is 157 cm³/mol. The Balaban J connectivity index is 1.33. The van der Waals surface area contributed by atoms with Gasteiger partial charge in [-0.1, -0.05) is 48.5 Å². The molecule has 38 heavy (non-hydrogen) atoms. The number of hydrogen-bond acceptors (Lipinski definition) is 6. The van der Waals surface area contributed by atoms with Crippen molar-refractivity contribution in [2.24, 2.45) is 4.99 Å². The van der Waals surface area contributed by atoms with Crippen LogP contribution in [0.4, 0.5) is 9.39 Å². The third kappa shape index (κ3) is 5.90. The number of nitriles is 1. The van der Waals surface area contributed by atoms with Crippen LogP contribution in [0.15, 0.2) is 71.7 Å². The minimum absolute atomic E-state index is 0.0973. The van der Waals surface area contributed by atoms with Crippen LogP contribution in [0.1, 0.15) is 32.7 Å². The molecule has 0 atom stereocenters. The fourth-order valence-corrected chi connectivity index (χ4v) is 6.44. The monoisotopic (exact) mass is 637 g/mol. The van der Waals surface area contributed by atoms with Crippen molar-refractivity contribution in [1.29, 1.82) is 5.26 Å². The van der Waals surface area contributed by atoms with Crippen LogP contribution >= 0.6 is 33.9 Å². The van der Waals surface area contributed by atoms with Crippen molar-refractivity contribution in [3.63, 3.8) is 0 Å². The van der Waals surface area contributed by atoms with E-state index in [0.29, 0.717) is 22.6 Å². The van der Waals surface area contributed by atoms with E-state index >= 15 is 0 Å². The molecule has 0 spiro atoms. The number of nitrogens with zero attached hydrogens (tertiary/aromatic N) is 3. The normalized spacial score (nSPS) is 13.3. The van der Waals surface area contributed by atoms with Crippen molar-refractivity contribution < 1.29 is 13.9 Å². The highest BCUT2D eigenvalue weighted by Crippen LogP contribution is 2.39. The summed E-state index contributed by atoms with van der Waals surface area (Å²) in [7, 11) is 1.57. The fourth-order valence-electron chi connectivity index (χ4n) is 4.48. The van der Waals surface area contributed by atoms with Crippen LogP contribution in [0.5, 0.6) is 11.5 Å². The highest BCUT2D eigenvalue weighted by Gasteiger charge is 2.24. The first-order chi connectivity index (χ1) is 18.6. The van der Waals surface area contributed by atoms with Gasteiger partial charge in [-0.05, 0) is 63.9 Å². The number of thiophene rings is 1. The molecule has 8 heteroatoms. The molecule has 192 valence electrons. The molecule has 4 aromatic rings. The van der Waals surface area contributed by atoms with Crippen molar-refractivity contribution in [3.8, 4) is 17.6 Å². The van der Waals surface area contributed by atoms with Gasteiger partial charge in [-0.2, -0.15) is 5.26 Å². The molecule has 5 rings (SSSR count). The molecule has 1 aliphatic rings. The summed E-state index contributed by atoms with van der Waals surface area (Å²) < 4.78 is 26.3. The molecule has 2 heterocycles. The van der Waals surface area contributed by atoms with Gasteiger partial charge in [0.1, 0.15) is 23.5 Å². The number of aliphatic imine (C=N–C) groups is 1. The van der Waals surface area contributed by atoms with Crippen molar-refractivity contribution in [2.45, 2.75) is 26.1 Å². The Morgan fingerprint density at radius 1 is 1.16 bits per heavy atom. The van der Waals surface area contributed by atoms with Crippen molar-refractivity contribution in [3.05, 3.63) is 109 Å². The van der Waals surface area contributed by atoms with Crippen LogP contribution in [-0.2, 0) is 26.1 Å². The van der Waals surface area contributed by atoms with Crippen LogP contribution in [0.2, 0.25) is 0 Å². The van der Waals surface area contributed by atoms with Crippen LogP contribution in [0.25, 0.3) is 0 Å². The maximum absolute atomic E-state index is 14.0. The summed E-state index contributed by atoms with van der Waals surface area (Å²) >= 11 is 3.77. The third-order valence-electron chi connectivity index (χ3n) is 6.39. The van der Waals surface area contributed by atoms with Crippen molar-refractivity contribution in [2.75, 3.05) is 13.7 Å². The van der Waals surface area contributed by atoms with E-state index in [0.717, 1.165) is 45.8 Å². The quantitative estimate of drug-likeness (QED) is 0.151. The van der Waals surface area contributed by atoms with Crippen molar-refractivity contribution in [1.82, 2.24) is 4.90 Å². The average molecular weight is 638 g/mol. The van der Waals surface area contributed by atoms with E-state index < -0.39 is 0 Å². The Morgan fingerprint density at radius 3 is 2.71 bits per heavy atom. The van der Waals surface area contributed by atoms with Crippen LogP contribution < -0.4 is 9.47 Å². The van der Waals surface area contributed by atoms with E-state index in [1.165, 1.54) is 16.5 Å². The number of rotatable bonds is 8.